The summed E-state index contributed by atoms with van der Waals surface area (Å²) in [5.74, 6) is 1.10. The zero-order valence-electron chi connectivity index (χ0n) is 9.65. The van der Waals surface area contributed by atoms with Crippen LogP contribution in [0, 0.1) is 5.92 Å². The molecule has 0 spiro atoms. The second-order valence-electron chi connectivity index (χ2n) is 4.49. The number of likely N-dealkylation sites (tertiary alicyclic amines) is 1. The first kappa shape index (κ1) is 12.9. The molecule has 5 heteroatoms. The molecular formula is C10H22N2O2S. The van der Waals surface area contributed by atoms with Gasteiger partial charge >= 0.3 is 0 Å². The van der Waals surface area contributed by atoms with E-state index < -0.39 is 9.84 Å². The van der Waals surface area contributed by atoms with Gasteiger partial charge in [-0.15, -0.1) is 0 Å². The molecular weight excluding hydrogens is 212 g/mol. The van der Waals surface area contributed by atoms with Gasteiger partial charge in [-0.1, -0.05) is 13.8 Å². The number of nitrogens with two attached hydrogens (primary N) is 1. The lowest BCUT2D eigenvalue weighted by molar-refractivity contribution is 0.327. The summed E-state index contributed by atoms with van der Waals surface area (Å²) in [6.07, 6.45) is 0.732. The Balaban J connectivity index is 2.22. The molecule has 0 radical (unpaired) electrons. The topological polar surface area (TPSA) is 63.4 Å². The van der Waals surface area contributed by atoms with Gasteiger partial charge in [0.25, 0.3) is 0 Å². The van der Waals surface area contributed by atoms with E-state index in [0.29, 0.717) is 11.7 Å². The number of hydrogen-bond acceptors (Lipinski definition) is 4. The van der Waals surface area contributed by atoms with Gasteiger partial charge in [0.05, 0.1) is 5.75 Å². The van der Waals surface area contributed by atoms with Crippen molar-refractivity contribution in [1.29, 1.82) is 0 Å². The fraction of sp³-hybridized carbons (Fsp3) is 1.00. The summed E-state index contributed by atoms with van der Waals surface area (Å²) in [7, 11) is -2.80. The molecule has 1 fully saturated rings. The maximum absolute atomic E-state index is 11.3. The van der Waals surface area contributed by atoms with Gasteiger partial charge in [-0.05, 0) is 18.9 Å². The Hall–Kier alpha value is -0.130. The minimum atomic E-state index is -2.80. The Labute approximate surface area is 92.7 Å². The molecule has 1 heterocycles. The van der Waals surface area contributed by atoms with Crippen LogP contribution in [0.2, 0.25) is 0 Å². The van der Waals surface area contributed by atoms with Crippen molar-refractivity contribution in [3.8, 4) is 0 Å². The quantitative estimate of drug-likeness (QED) is 0.732. The van der Waals surface area contributed by atoms with Gasteiger partial charge in [0.2, 0.25) is 0 Å². The van der Waals surface area contributed by atoms with Crippen LogP contribution in [0.3, 0.4) is 0 Å². The molecule has 2 unspecified atom stereocenters. The first-order chi connectivity index (χ1) is 6.94. The third kappa shape index (κ3) is 4.09. The van der Waals surface area contributed by atoms with Crippen molar-refractivity contribution >= 4 is 9.84 Å². The second-order valence-corrected chi connectivity index (χ2v) is 6.96. The van der Waals surface area contributed by atoms with E-state index in [4.69, 9.17) is 5.73 Å². The van der Waals surface area contributed by atoms with Gasteiger partial charge < -0.3 is 10.6 Å². The third-order valence-corrected chi connectivity index (χ3v) is 4.91. The van der Waals surface area contributed by atoms with Gasteiger partial charge in [-0.25, -0.2) is 8.42 Å². The summed E-state index contributed by atoms with van der Waals surface area (Å²) in [5, 5.41) is 0. The zero-order chi connectivity index (χ0) is 11.5. The number of rotatable bonds is 5. The van der Waals surface area contributed by atoms with E-state index in [1.165, 1.54) is 0 Å². The Bertz CT molecular complexity index is 280. The van der Waals surface area contributed by atoms with Crippen molar-refractivity contribution in [3.63, 3.8) is 0 Å². The van der Waals surface area contributed by atoms with Crippen molar-refractivity contribution < 1.29 is 8.42 Å². The minimum absolute atomic E-state index is 0.253. The predicted molar refractivity (Wildman–Crippen MR) is 62.5 cm³/mol. The van der Waals surface area contributed by atoms with E-state index in [0.717, 1.165) is 26.1 Å². The first-order valence-electron chi connectivity index (χ1n) is 5.63. The van der Waals surface area contributed by atoms with Crippen molar-refractivity contribution in [2.75, 3.05) is 31.1 Å². The normalized spacial score (nSPS) is 28.5. The molecule has 0 aromatic heterocycles. The fourth-order valence-electron chi connectivity index (χ4n) is 1.93. The average Bonchev–Trinajstić information content (AvgIpc) is 2.46. The SMILES string of the molecule is CCS(=O)(=O)CCCN1CC(C)C(N)C1. The van der Waals surface area contributed by atoms with Crippen LogP contribution in [-0.2, 0) is 9.84 Å². The van der Waals surface area contributed by atoms with E-state index in [1.807, 2.05) is 0 Å². The molecule has 0 amide bonds. The maximum atomic E-state index is 11.3. The highest BCUT2D eigenvalue weighted by molar-refractivity contribution is 7.91. The zero-order valence-corrected chi connectivity index (χ0v) is 10.5. The molecule has 15 heavy (non-hydrogen) atoms. The standard InChI is InChI=1S/C10H22N2O2S/c1-3-15(13,14)6-4-5-12-7-9(2)10(11)8-12/h9-10H,3-8,11H2,1-2H3. The van der Waals surface area contributed by atoms with Crippen LogP contribution in [0.4, 0.5) is 0 Å². The highest BCUT2D eigenvalue weighted by Gasteiger charge is 2.25. The molecule has 4 nitrogen and oxygen atoms in total. The maximum Gasteiger partial charge on any atom is 0.150 e. The largest absolute Gasteiger partial charge is 0.326 e. The molecule has 0 aliphatic carbocycles. The van der Waals surface area contributed by atoms with E-state index in [-0.39, 0.29) is 11.8 Å². The molecule has 1 aliphatic heterocycles. The van der Waals surface area contributed by atoms with Crippen LogP contribution in [0.15, 0.2) is 0 Å². The summed E-state index contributed by atoms with van der Waals surface area (Å²) >= 11 is 0. The predicted octanol–water partition coefficient (Wildman–Crippen LogP) is 0.0902. The van der Waals surface area contributed by atoms with Crippen LogP contribution in [0.1, 0.15) is 20.3 Å². The molecule has 90 valence electrons. The van der Waals surface area contributed by atoms with Crippen molar-refractivity contribution in [2.24, 2.45) is 11.7 Å². The van der Waals surface area contributed by atoms with Gasteiger partial charge in [-0.3, -0.25) is 0 Å². The van der Waals surface area contributed by atoms with Crippen LogP contribution < -0.4 is 5.73 Å². The van der Waals surface area contributed by atoms with Crippen LogP contribution >= 0.6 is 0 Å². The smallest absolute Gasteiger partial charge is 0.150 e. The lowest BCUT2D eigenvalue weighted by atomic mass is 10.1. The summed E-state index contributed by atoms with van der Waals surface area (Å²) in [4.78, 5) is 2.26. The van der Waals surface area contributed by atoms with Gasteiger partial charge in [0.15, 0.2) is 0 Å². The fourth-order valence-corrected chi connectivity index (χ4v) is 2.79. The minimum Gasteiger partial charge on any atom is -0.326 e. The van der Waals surface area contributed by atoms with E-state index in [1.54, 1.807) is 6.92 Å². The Morgan fingerprint density at radius 2 is 2.07 bits per heavy atom. The molecule has 1 saturated heterocycles. The Kier molecular flexibility index (Phi) is 4.55. The van der Waals surface area contributed by atoms with Gasteiger partial charge in [0.1, 0.15) is 9.84 Å². The first-order valence-corrected chi connectivity index (χ1v) is 7.45. The third-order valence-electron chi connectivity index (χ3n) is 3.12. The highest BCUT2D eigenvalue weighted by Crippen LogP contribution is 2.14. The van der Waals surface area contributed by atoms with E-state index >= 15 is 0 Å². The molecule has 0 bridgehead atoms. The Morgan fingerprint density at radius 3 is 2.53 bits per heavy atom. The van der Waals surface area contributed by atoms with Crippen LogP contribution in [0.5, 0.6) is 0 Å². The molecule has 0 aromatic rings. The number of nitrogens with zero attached hydrogens (tertiary/aromatic N) is 1. The lowest BCUT2D eigenvalue weighted by Crippen LogP contribution is -2.29. The van der Waals surface area contributed by atoms with E-state index in [2.05, 4.69) is 11.8 Å². The van der Waals surface area contributed by atoms with Gasteiger partial charge in [-0.2, -0.15) is 0 Å². The molecule has 2 atom stereocenters. The monoisotopic (exact) mass is 234 g/mol. The molecule has 1 rings (SSSR count). The van der Waals surface area contributed by atoms with E-state index in [9.17, 15) is 8.42 Å². The van der Waals surface area contributed by atoms with Crippen molar-refractivity contribution in [1.82, 2.24) is 4.90 Å². The molecule has 0 aromatic carbocycles. The molecule has 2 N–H and O–H groups in total. The number of sulfone groups is 1. The van der Waals surface area contributed by atoms with Crippen LogP contribution in [-0.4, -0.2) is 50.5 Å². The van der Waals surface area contributed by atoms with Crippen LogP contribution in [0.25, 0.3) is 0 Å². The summed E-state index contributed by atoms with van der Waals surface area (Å²) in [6, 6.07) is 0.257. The highest BCUT2D eigenvalue weighted by atomic mass is 32.2. The Morgan fingerprint density at radius 1 is 1.40 bits per heavy atom. The molecule has 1 aliphatic rings. The van der Waals surface area contributed by atoms with Crippen molar-refractivity contribution in [3.05, 3.63) is 0 Å². The summed E-state index contributed by atoms with van der Waals surface area (Å²) in [5.41, 5.74) is 5.89. The van der Waals surface area contributed by atoms with Crippen molar-refractivity contribution in [2.45, 2.75) is 26.3 Å². The second kappa shape index (κ2) is 5.27. The lowest BCUT2D eigenvalue weighted by Gasteiger charge is -2.14. The summed E-state index contributed by atoms with van der Waals surface area (Å²) < 4.78 is 22.5. The number of hydrogen-bond donors (Lipinski definition) is 1. The average molecular weight is 234 g/mol. The van der Waals surface area contributed by atoms with Gasteiger partial charge in [0, 0.05) is 24.9 Å². The summed E-state index contributed by atoms with van der Waals surface area (Å²) in [6.45, 7) is 6.62. The molecule has 0 saturated carbocycles.